The number of pyridine rings is 1. The number of carbonyl (C=O) groups excluding carboxylic acids is 1. The highest BCUT2D eigenvalue weighted by Crippen LogP contribution is 2.36. The molecule has 0 aliphatic heterocycles. The number of ether oxygens (including phenoxy) is 2. The molecule has 6 heteroatoms. The maximum Gasteiger partial charge on any atom is 0.340 e. The zero-order valence-electron chi connectivity index (χ0n) is 12.9. The molecule has 1 aromatic heterocycles. The molecule has 4 nitrogen and oxygen atoms in total. The number of nitrogens with zero attached hydrogens (tertiary/aromatic N) is 1. The lowest BCUT2D eigenvalue weighted by Gasteiger charge is -2.13. The van der Waals surface area contributed by atoms with E-state index < -0.39 is 0 Å². The summed E-state index contributed by atoms with van der Waals surface area (Å²) in [6.07, 6.45) is 5.17. The van der Waals surface area contributed by atoms with Crippen molar-refractivity contribution in [3.8, 4) is 0 Å². The second kappa shape index (κ2) is 11.3. The van der Waals surface area contributed by atoms with Gasteiger partial charge in [0.25, 0.3) is 0 Å². The number of rotatable bonds is 10. The first kappa shape index (κ1) is 18.8. The second-order valence-corrected chi connectivity index (χ2v) is 6.46. The molecule has 22 heavy (non-hydrogen) atoms. The highest BCUT2D eigenvalue weighted by atomic mass is 32.2. The van der Waals surface area contributed by atoms with Gasteiger partial charge in [-0.15, -0.1) is 30.1 Å². The molecule has 0 N–H and O–H groups in total. The first-order valence-corrected chi connectivity index (χ1v) is 8.88. The van der Waals surface area contributed by atoms with Crippen LogP contribution >= 0.6 is 23.5 Å². The highest BCUT2D eigenvalue weighted by molar-refractivity contribution is 8.22. The number of hydrogen-bond donors (Lipinski definition) is 0. The van der Waals surface area contributed by atoms with Crippen molar-refractivity contribution in [2.24, 2.45) is 0 Å². The number of thioether (sulfide) groups is 2. The van der Waals surface area contributed by atoms with Crippen LogP contribution in [-0.2, 0) is 14.3 Å². The monoisotopic (exact) mass is 339 g/mol. The highest BCUT2D eigenvalue weighted by Gasteiger charge is 2.20. The maximum atomic E-state index is 12.4. The molecule has 1 aromatic rings. The molecule has 0 bridgehead atoms. The van der Waals surface area contributed by atoms with Gasteiger partial charge in [0.2, 0.25) is 0 Å². The lowest BCUT2D eigenvalue weighted by atomic mass is 10.1. The third-order valence-corrected chi connectivity index (χ3v) is 4.90. The number of hydrogen-bond acceptors (Lipinski definition) is 6. The van der Waals surface area contributed by atoms with E-state index in [2.05, 4.69) is 11.6 Å². The van der Waals surface area contributed by atoms with Crippen LogP contribution in [0.3, 0.4) is 0 Å². The largest absolute Gasteiger partial charge is 0.462 e. The van der Waals surface area contributed by atoms with Gasteiger partial charge >= 0.3 is 5.97 Å². The van der Waals surface area contributed by atoms with Crippen LogP contribution in [0.25, 0.3) is 5.57 Å². The Morgan fingerprint density at radius 1 is 1.45 bits per heavy atom. The van der Waals surface area contributed by atoms with Crippen molar-refractivity contribution in [2.45, 2.75) is 6.92 Å². The average Bonchev–Trinajstić information content (AvgIpc) is 2.54. The number of esters is 1. The van der Waals surface area contributed by atoms with Crippen molar-refractivity contribution in [3.05, 3.63) is 47.0 Å². The Bertz CT molecular complexity index is 503. The minimum atomic E-state index is -0.327. The number of carbonyl (C=O) groups is 1. The summed E-state index contributed by atoms with van der Waals surface area (Å²) in [6, 6.07) is 3.68. The molecule has 0 saturated carbocycles. The summed E-state index contributed by atoms with van der Waals surface area (Å²) in [5, 5.41) is 0. The Morgan fingerprint density at radius 3 is 2.86 bits per heavy atom. The van der Waals surface area contributed by atoms with Gasteiger partial charge in [0, 0.05) is 36.6 Å². The zero-order valence-corrected chi connectivity index (χ0v) is 14.5. The van der Waals surface area contributed by atoms with Gasteiger partial charge < -0.3 is 9.47 Å². The summed E-state index contributed by atoms with van der Waals surface area (Å²) < 4.78 is 11.2. The minimum Gasteiger partial charge on any atom is -0.462 e. The normalized spacial score (nSPS) is 11.7. The van der Waals surface area contributed by atoms with Crippen molar-refractivity contribution < 1.29 is 14.3 Å². The molecule has 0 radical (unpaired) electrons. The van der Waals surface area contributed by atoms with Crippen molar-refractivity contribution in [2.75, 3.05) is 31.8 Å². The lowest BCUT2D eigenvalue weighted by Crippen LogP contribution is -2.09. The maximum absolute atomic E-state index is 12.4. The Labute approximate surface area is 140 Å². The van der Waals surface area contributed by atoms with Crippen LogP contribution < -0.4 is 0 Å². The van der Waals surface area contributed by atoms with Crippen molar-refractivity contribution in [3.63, 3.8) is 0 Å². The van der Waals surface area contributed by atoms with Gasteiger partial charge in [0.05, 0.1) is 23.0 Å². The SMILES string of the molecule is C=CCSC(SCCOC)=C(C(=O)OCC)c1cccnc1. The summed E-state index contributed by atoms with van der Waals surface area (Å²) in [7, 11) is 1.66. The summed E-state index contributed by atoms with van der Waals surface area (Å²) >= 11 is 3.15. The first-order chi connectivity index (χ1) is 10.7. The minimum absolute atomic E-state index is 0.327. The van der Waals surface area contributed by atoms with Crippen molar-refractivity contribution >= 4 is 35.1 Å². The molecule has 120 valence electrons. The molecule has 0 fully saturated rings. The van der Waals surface area contributed by atoms with Crippen LogP contribution in [0.15, 0.2) is 41.4 Å². The average molecular weight is 339 g/mol. The Balaban J connectivity index is 3.17. The van der Waals surface area contributed by atoms with Crippen LogP contribution in [0.2, 0.25) is 0 Å². The number of aromatic nitrogens is 1. The van der Waals surface area contributed by atoms with E-state index in [0.717, 1.165) is 21.3 Å². The molecule has 0 aliphatic carbocycles. The van der Waals surface area contributed by atoms with E-state index in [1.54, 1.807) is 50.0 Å². The Hall–Kier alpha value is -1.24. The standard InChI is InChI=1S/C16H21NO3S2/c1-4-10-21-16(22-11-9-19-3)14(15(18)20-5-2)13-7-6-8-17-12-13/h4,6-8,12H,1,5,9-11H2,2-3H3. The smallest absolute Gasteiger partial charge is 0.340 e. The van der Waals surface area contributed by atoms with E-state index in [0.29, 0.717) is 18.8 Å². The Morgan fingerprint density at radius 2 is 2.27 bits per heavy atom. The third-order valence-electron chi connectivity index (χ3n) is 2.49. The fraction of sp³-hybridized carbons (Fsp3) is 0.375. The van der Waals surface area contributed by atoms with Gasteiger partial charge in [-0.25, -0.2) is 4.79 Å². The molecule has 0 atom stereocenters. The topological polar surface area (TPSA) is 48.4 Å². The predicted octanol–water partition coefficient (Wildman–Crippen LogP) is 3.61. The number of methoxy groups -OCH3 is 1. The fourth-order valence-electron chi connectivity index (χ4n) is 1.57. The summed E-state index contributed by atoms with van der Waals surface area (Å²) in [5.41, 5.74) is 1.32. The van der Waals surface area contributed by atoms with E-state index in [1.807, 2.05) is 18.2 Å². The molecular weight excluding hydrogens is 318 g/mol. The summed E-state index contributed by atoms with van der Waals surface area (Å²) in [4.78, 5) is 16.5. The summed E-state index contributed by atoms with van der Waals surface area (Å²) in [5.74, 6) is 1.16. The van der Waals surface area contributed by atoms with Crippen molar-refractivity contribution in [1.29, 1.82) is 0 Å². The molecule has 1 heterocycles. The molecule has 0 saturated heterocycles. The van der Waals surface area contributed by atoms with Gasteiger partial charge in [-0.3, -0.25) is 4.98 Å². The van der Waals surface area contributed by atoms with Crippen LogP contribution in [0, 0.1) is 0 Å². The quantitative estimate of drug-likeness (QED) is 0.281. The predicted molar refractivity (Wildman–Crippen MR) is 94.8 cm³/mol. The fourth-order valence-corrected chi connectivity index (χ4v) is 3.75. The van der Waals surface area contributed by atoms with E-state index in [9.17, 15) is 4.79 Å². The van der Waals surface area contributed by atoms with E-state index in [-0.39, 0.29) is 5.97 Å². The van der Waals surface area contributed by atoms with E-state index in [1.165, 1.54) is 0 Å². The first-order valence-electron chi connectivity index (χ1n) is 6.91. The van der Waals surface area contributed by atoms with Crippen LogP contribution in [0.1, 0.15) is 12.5 Å². The van der Waals surface area contributed by atoms with Crippen LogP contribution in [0.5, 0.6) is 0 Å². The zero-order chi connectivity index (χ0) is 16.2. The van der Waals surface area contributed by atoms with Gasteiger partial charge in [-0.2, -0.15) is 0 Å². The molecule has 1 rings (SSSR count). The molecule has 0 unspecified atom stereocenters. The van der Waals surface area contributed by atoms with Crippen LogP contribution in [-0.4, -0.2) is 42.8 Å². The van der Waals surface area contributed by atoms with Crippen molar-refractivity contribution in [1.82, 2.24) is 4.98 Å². The third kappa shape index (κ3) is 6.25. The molecule has 0 aliphatic rings. The van der Waals surface area contributed by atoms with E-state index in [4.69, 9.17) is 9.47 Å². The van der Waals surface area contributed by atoms with Gasteiger partial charge in [0.1, 0.15) is 0 Å². The summed E-state index contributed by atoms with van der Waals surface area (Å²) in [6.45, 7) is 6.49. The van der Waals surface area contributed by atoms with Gasteiger partial charge in [-0.05, 0) is 13.0 Å². The Kier molecular flexibility index (Phi) is 9.70. The lowest BCUT2D eigenvalue weighted by molar-refractivity contribution is -0.136. The van der Waals surface area contributed by atoms with E-state index >= 15 is 0 Å². The second-order valence-electron chi connectivity index (χ2n) is 4.07. The van der Waals surface area contributed by atoms with Crippen LogP contribution in [0.4, 0.5) is 0 Å². The molecule has 0 aromatic carbocycles. The molecular formula is C16H21NO3S2. The molecule has 0 spiro atoms. The molecule has 0 amide bonds. The van der Waals surface area contributed by atoms with Gasteiger partial charge in [0.15, 0.2) is 0 Å². The van der Waals surface area contributed by atoms with Gasteiger partial charge in [-0.1, -0.05) is 12.1 Å².